The van der Waals surface area contributed by atoms with Crippen molar-refractivity contribution in [2.45, 2.75) is 32.9 Å². The third-order valence-electron chi connectivity index (χ3n) is 3.58. The quantitative estimate of drug-likeness (QED) is 0.794. The zero-order valence-corrected chi connectivity index (χ0v) is 14.8. The normalized spacial score (nSPS) is 11.7. The Bertz CT molecular complexity index is 587. The van der Waals surface area contributed by atoms with Gasteiger partial charge in [0.1, 0.15) is 6.61 Å². The summed E-state index contributed by atoms with van der Waals surface area (Å²) in [7, 11) is 1.65. The van der Waals surface area contributed by atoms with E-state index in [1.807, 2.05) is 48.5 Å². The summed E-state index contributed by atoms with van der Waals surface area (Å²) in [6.45, 7) is 4.87. The van der Waals surface area contributed by atoms with Gasteiger partial charge in [-0.1, -0.05) is 50.2 Å². The van der Waals surface area contributed by atoms with Gasteiger partial charge in [0.2, 0.25) is 0 Å². The summed E-state index contributed by atoms with van der Waals surface area (Å²) in [5, 5.41) is 0. The highest BCUT2D eigenvalue weighted by Crippen LogP contribution is 2.32. The van der Waals surface area contributed by atoms with Gasteiger partial charge in [-0.15, -0.1) is 12.4 Å². The molecule has 0 aliphatic rings. The van der Waals surface area contributed by atoms with E-state index in [1.165, 1.54) is 0 Å². The summed E-state index contributed by atoms with van der Waals surface area (Å²) in [6.07, 6.45) is 0.949. The first-order chi connectivity index (χ1) is 10.6. The van der Waals surface area contributed by atoms with Gasteiger partial charge < -0.3 is 15.2 Å². The Morgan fingerprint density at radius 3 is 2.30 bits per heavy atom. The Hall–Kier alpha value is -1.71. The zero-order valence-electron chi connectivity index (χ0n) is 14.0. The van der Waals surface area contributed by atoms with Crippen LogP contribution >= 0.6 is 12.4 Å². The van der Waals surface area contributed by atoms with Crippen LogP contribution < -0.4 is 15.2 Å². The van der Waals surface area contributed by atoms with Crippen molar-refractivity contribution in [3.8, 4) is 11.5 Å². The average Bonchev–Trinajstić information content (AvgIpc) is 2.53. The Balaban J connectivity index is 0.00000264. The lowest BCUT2D eigenvalue weighted by molar-refractivity contribution is 0.284. The Morgan fingerprint density at radius 2 is 1.70 bits per heavy atom. The van der Waals surface area contributed by atoms with E-state index in [0.717, 1.165) is 29.0 Å². The van der Waals surface area contributed by atoms with Crippen molar-refractivity contribution < 1.29 is 9.47 Å². The molecule has 23 heavy (non-hydrogen) atoms. The van der Waals surface area contributed by atoms with Crippen LogP contribution in [0.15, 0.2) is 48.5 Å². The van der Waals surface area contributed by atoms with E-state index < -0.39 is 0 Å². The SMILES string of the molecule is COc1ccc([C@@H](N)CC(C)C)cc1OCc1ccccc1.Cl. The van der Waals surface area contributed by atoms with Gasteiger partial charge in [0, 0.05) is 6.04 Å². The topological polar surface area (TPSA) is 44.5 Å². The lowest BCUT2D eigenvalue weighted by Crippen LogP contribution is -2.13. The molecule has 0 heterocycles. The number of halogens is 1. The summed E-state index contributed by atoms with van der Waals surface area (Å²) >= 11 is 0. The van der Waals surface area contributed by atoms with E-state index in [2.05, 4.69) is 13.8 Å². The van der Waals surface area contributed by atoms with Crippen LogP contribution in [0.3, 0.4) is 0 Å². The molecule has 0 unspecified atom stereocenters. The van der Waals surface area contributed by atoms with Crippen LogP contribution in [-0.2, 0) is 6.61 Å². The summed E-state index contributed by atoms with van der Waals surface area (Å²) in [6, 6.07) is 16.0. The third-order valence-corrected chi connectivity index (χ3v) is 3.58. The molecule has 4 heteroatoms. The predicted molar refractivity (Wildman–Crippen MR) is 97.4 cm³/mol. The van der Waals surface area contributed by atoms with Gasteiger partial charge in [0.15, 0.2) is 11.5 Å². The van der Waals surface area contributed by atoms with Crippen molar-refractivity contribution in [2.24, 2.45) is 11.7 Å². The minimum absolute atomic E-state index is 0. The fraction of sp³-hybridized carbons (Fsp3) is 0.368. The Labute approximate surface area is 145 Å². The molecule has 126 valence electrons. The maximum Gasteiger partial charge on any atom is 0.161 e. The summed E-state index contributed by atoms with van der Waals surface area (Å²) < 4.78 is 11.3. The first-order valence-electron chi connectivity index (χ1n) is 7.70. The predicted octanol–water partition coefficient (Wildman–Crippen LogP) is 4.74. The number of ether oxygens (including phenoxy) is 2. The summed E-state index contributed by atoms with van der Waals surface area (Å²) in [5.74, 6) is 2.03. The van der Waals surface area contributed by atoms with Crippen molar-refractivity contribution in [3.05, 3.63) is 59.7 Å². The molecule has 0 saturated carbocycles. The molecule has 1 atom stereocenters. The van der Waals surface area contributed by atoms with Gasteiger partial charge in [-0.05, 0) is 35.6 Å². The molecule has 0 aliphatic heterocycles. The Kier molecular flexibility index (Phi) is 7.93. The van der Waals surface area contributed by atoms with E-state index in [-0.39, 0.29) is 18.4 Å². The van der Waals surface area contributed by atoms with Crippen LogP contribution in [-0.4, -0.2) is 7.11 Å². The second kappa shape index (κ2) is 9.43. The number of methoxy groups -OCH3 is 1. The van der Waals surface area contributed by atoms with Crippen molar-refractivity contribution in [3.63, 3.8) is 0 Å². The number of rotatable bonds is 7. The van der Waals surface area contributed by atoms with Crippen LogP contribution in [0, 0.1) is 5.92 Å². The van der Waals surface area contributed by atoms with E-state index >= 15 is 0 Å². The van der Waals surface area contributed by atoms with Crippen molar-refractivity contribution in [1.82, 2.24) is 0 Å². The van der Waals surface area contributed by atoms with E-state index in [1.54, 1.807) is 7.11 Å². The first-order valence-corrected chi connectivity index (χ1v) is 7.70. The molecule has 0 amide bonds. The molecule has 3 nitrogen and oxygen atoms in total. The maximum atomic E-state index is 6.27. The molecule has 2 rings (SSSR count). The molecule has 0 fully saturated rings. The molecular weight excluding hydrogens is 310 g/mol. The van der Waals surface area contributed by atoms with Crippen LogP contribution in [0.1, 0.15) is 37.4 Å². The second-order valence-corrected chi connectivity index (χ2v) is 5.92. The van der Waals surface area contributed by atoms with Crippen molar-refractivity contribution in [1.29, 1.82) is 0 Å². The maximum absolute atomic E-state index is 6.27. The monoisotopic (exact) mass is 335 g/mol. The van der Waals surface area contributed by atoms with E-state index in [0.29, 0.717) is 12.5 Å². The first kappa shape index (κ1) is 19.3. The molecule has 0 spiro atoms. The average molecular weight is 336 g/mol. The third kappa shape index (κ3) is 5.77. The fourth-order valence-corrected chi connectivity index (χ4v) is 2.42. The highest BCUT2D eigenvalue weighted by Gasteiger charge is 2.12. The fourth-order valence-electron chi connectivity index (χ4n) is 2.42. The summed E-state index contributed by atoms with van der Waals surface area (Å²) in [5.41, 5.74) is 8.47. The highest BCUT2D eigenvalue weighted by molar-refractivity contribution is 5.85. The number of benzene rings is 2. The molecule has 0 saturated heterocycles. The van der Waals surface area contributed by atoms with E-state index in [4.69, 9.17) is 15.2 Å². The van der Waals surface area contributed by atoms with Crippen LogP contribution in [0.25, 0.3) is 0 Å². The van der Waals surface area contributed by atoms with Gasteiger partial charge in [0.05, 0.1) is 7.11 Å². The van der Waals surface area contributed by atoms with Crippen molar-refractivity contribution in [2.75, 3.05) is 7.11 Å². The lowest BCUT2D eigenvalue weighted by atomic mass is 9.97. The molecule has 2 N–H and O–H groups in total. The molecule has 0 radical (unpaired) electrons. The largest absolute Gasteiger partial charge is 0.493 e. The molecule has 2 aromatic carbocycles. The van der Waals surface area contributed by atoms with Gasteiger partial charge in [-0.3, -0.25) is 0 Å². The lowest BCUT2D eigenvalue weighted by Gasteiger charge is -2.17. The minimum atomic E-state index is 0. The van der Waals surface area contributed by atoms with Crippen LogP contribution in [0.5, 0.6) is 11.5 Å². The zero-order chi connectivity index (χ0) is 15.9. The van der Waals surface area contributed by atoms with Gasteiger partial charge in [0.25, 0.3) is 0 Å². The standard InChI is InChI=1S/C19H25NO2.ClH/c1-14(2)11-17(20)16-9-10-18(21-3)19(12-16)22-13-15-7-5-4-6-8-15;/h4-10,12,14,17H,11,13,20H2,1-3H3;1H/t17-;/m0./s1. The van der Waals surface area contributed by atoms with Crippen LogP contribution in [0.2, 0.25) is 0 Å². The molecular formula is C19H26ClNO2. The van der Waals surface area contributed by atoms with Gasteiger partial charge >= 0.3 is 0 Å². The smallest absolute Gasteiger partial charge is 0.161 e. The van der Waals surface area contributed by atoms with Crippen LogP contribution in [0.4, 0.5) is 0 Å². The number of hydrogen-bond donors (Lipinski definition) is 1. The number of nitrogens with two attached hydrogens (primary N) is 1. The van der Waals surface area contributed by atoms with Crippen molar-refractivity contribution >= 4 is 12.4 Å². The molecule has 2 aromatic rings. The summed E-state index contributed by atoms with van der Waals surface area (Å²) in [4.78, 5) is 0. The Morgan fingerprint density at radius 1 is 1.00 bits per heavy atom. The van der Waals surface area contributed by atoms with Gasteiger partial charge in [-0.25, -0.2) is 0 Å². The van der Waals surface area contributed by atoms with E-state index in [9.17, 15) is 0 Å². The second-order valence-electron chi connectivity index (χ2n) is 5.92. The molecule has 0 aliphatic carbocycles. The minimum Gasteiger partial charge on any atom is -0.493 e. The number of hydrogen-bond acceptors (Lipinski definition) is 3. The molecule has 0 bridgehead atoms. The molecule has 0 aromatic heterocycles. The highest BCUT2D eigenvalue weighted by atomic mass is 35.5. The van der Waals surface area contributed by atoms with Gasteiger partial charge in [-0.2, -0.15) is 0 Å².